The number of amides is 1. The third kappa shape index (κ3) is 4.00. The highest BCUT2D eigenvalue weighted by Gasteiger charge is 2.17. The number of carboxylic acids is 1. The Morgan fingerprint density at radius 2 is 1.88 bits per heavy atom. The first-order valence-corrected chi connectivity index (χ1v) is 7.68. The summed E-state index contributed by atoms with van der Waals surface area (Å²) in [5, 5.41) is 11.7. The summed E-state index contributed by atoms with van der Waals surface area (Å²) in [6.07, 6.45) is 0. The molecule has 0 spiro atoms. The van der Waals surface area contributed by atoms with E-state index in [0.29, 0.717) is 17.2 Å². The van der Waals surface area contributed by atoms with Crippen LogP contribution in [0.5, 0.6) is 17.2 Å². The van der Waals surface area contributed by atoms with Crippen molar-refractivity contribution in [2.45, 2.75) is 13.0 Å². The van der Waals surface area contributed by atoms with Gasteiger partial charge in [-0.3, -0.25) is 4.79 Å². The minimum Gasteiger partial charge on any atom is -0.484 e. The molecule has 0 radical (unpaired) electrons. The van der Waals surface area contributed by atoms with Gasteiger partial charge >= 0.3 is 5.97 Å². The van der Waals surface area contributed by atoms with Crippen LogP contribution in [0.3, 0.4) is 0 Å². The number of aromatic carboxylic acids is 1. The molecule has 2 N–H and O–H groups in total. The molecule has 1 unspecified atom stereocenters. The lowest BCUT2D eigenvalue weighted by atomic mass is 10.1. The zero-order chi connectivity index (χ0) is 17.8. The van der Waals surface area contributed by atoms with Crippen LogP contribution in [0, 0.1) is 0 Å². The van der Waals surface area contributed by atoms with Crippen LogP contribution in [0.25, 0.3) is 0 Å². The Morgan fingerprint density at radius 1 is 1.16 bits per heavy atom. The van der Waals surface area contributed by atoms with Gasteiger partial charge in [0.2, 0.25) is 6.79 Å². The van der Waals surface area contributed by atoms with Crippen LogP contribution in [0.15, 0.2) is 42.5 Å². The maximum absolute atomic E-state index is 12.0. The molecule has 1 atom stereocenters. The summed E-state index contributed by atoms with van der Waals surface area (Å²) in [4.78, 5) is 22.8. The number of carbonyl (C=O) groups is 2. The molecule has 130 valence electrons. The number of ether oxygens (including phenoxy) is 3. The van der Waals surface area contributed by atoms with Gasteiger partial charge in [-0.1, -0.05) is 6.07 Å². The SMILES string of the molecule is CC(NC(=O)COc1ccc(C(=O)O)cc1)c1ccc2c(c1)OCO2. The van der Waals surface area contributed by atoms with Crippen molar-refractivity contribution in [3.05, 3.63) is 53.6 Å². The van der Waals surface area contributed by atoms with Crippen LogP contribution < -0.4 is 19.5 Å². The molecule has 3 rings (SSSR count). The summed E-state index contributed by atoms with van der Waals surface area (Å²) in [6, 6.07) is 11.1. The quantitative estimate of drug-likeness (QED) is 0.836. The van der Waals surface area contributed by atoms with Gasteiger partial charge in [-0.05, 0) is 48.9 Å². The fourth-order valence-electron chi connectivity index (χ4n) is 2.39. The van der Waals surface area contributed by atoms with Crippen LogP contribution in [0.4, 0.5) is 0 Å². The molecule has 0 aliphatic carbocycles. The van der Waals surface area contributed by atoms with Crippen molar-refractivity contribution in [3.8, 4) is 17.2 Å². The molecule has 2 aromatic rings. The van der Waals surface area contributed by atoms with Gasteiger partial charge in [0.05, 0.1) is 11.6 Å². The van der Waals surface area contributed by atoms with Gasteiger partial charge in [-0.25, -0.2) is 4.79 Å². The maximum Gasteiger partial charge on any atom is 0.335 e. The van der Waals surface area contributed by atoms with E-state index in [2.05, 4.69) is 5.32 Å². The molecular formula is C18H17NO6. The molecule has 0 bridgehead atoms. The van der Waals surface area contributed by atoms with Crippen molar-refractivity contribution in [1.29, 1.82) is 0 Å². The van der Waals surface area contributed by atoms with Crippen LogP contribution in [0.1, 0.15) is 28.9 Å². The van der Waals surface area contributed by atoms with E-state index in [9.17, 15) is 9.59 Å². The van der Waals surface area contributed by atoms with Gasteiger partial charge in [0.25, 0.3) is 5.91 Å². The highest BCUT2D eigenvalue weighted by molar-refractivity contribution is 5.87. The van der Waals surface area contributed by atoms with E-state index in [4.69, 9.17) is 19.3 Å². The fourth-order valence-corrected chi connectivity index (χ4v) is 2.39. The van der Waals surface area contributed by atoms with Crippen LogP contribution in [-0.4, -0.2) is 30.4 Å². The first kappa shape index (κ1) is 16.6. The molecule has 0 saturated heterocycles. The van der Waals surface area contributed by atoms with Gasteiger partial charge in [-0.15, -0.1) is 0 Å². The van der Waals surface area contributed by atoms with Crippen LogP contribution in [-0.2, 0) is 4.79 Å². The standard InChI is InChI=1S/C18H17NO6/c1-11(13-4-7-15-16(8-13)25-10-24-15)19-17(20)9-23-14-5-2-12(3-6-14)18(21)22/h2-8,11H,9-10H2,1H3,(H,19,20)(H,21,22). The second kappa shape index (κ2) is 7.12. The summed E-state index contributed by atoms with van der Waals surface area (Å²) in [6.45, 7) is 1.90. The van der Waals surface area contributed by atoms with Gasteiger partial charge in [0.1, 0.15) is 5.75 Å². The lowest BCUT2D eigenvalue weighted by Gasteiger charge is -2.15. The topological polar surface area (TPSA) is 94.1 Å². The number of benzene rings is 2. The zero-order valence-corrected chi connectivity index (χ0v) is 13.5. The molecule has 0 aromatic heterocycles. The van der Waals surface area contributed by atoms with Crippen molar-refractivity contribution < 1.29 is 28.9 Å². The van der Waals surface area contributed by atoms with Crippen molar-refractivity contribution in [1.82, 2.24) is 5.32 Å². The van der Waals surface area contributed by atoms with Crippen molar-refractivity contribution in [2.75, 3.05) is 13.4 Å². The fraction of sp³-hybridized carbons (Fsp3) is 0.222. The summed E-state index contributed by atoms with van der Waals surface area (Å²) >= 11 is 0. The van der Waals surface area contributed by atoms with E-state index < -0.39 is 5.97 Å². The van der Waals surface area contributed by atoms with Crippen molar-refractivity contribution >= 4 is 11.9 Å². The normalized spacial score (nSPS) is 13.2. The molecule has 1 aliphatic rings. The highest BCUT2D eigenvalue weighted by Crippen LogP contribution is 2.34. The number of nitrogens with one attached hydrogen (secondary N) is 1. The van der Waals surface area contributed by atoms with Gasteiger partial charge in [0, 0.05) is 0 Å². The van der Waals surface area contributed by atoms with Crippen LogP contribution >= 0.6 is 0 Å². The molecule has 0 saturated carbocycles. The molecule has 7 heteroatoms. The Hall–Kier alpha value is -3.22. The number of hydrogen-bond donors (Lipinski definition) is 2. The molecule has 7 nitrogen and oxygen atoms in total. The summed E-state index contributed by atoms with van der Waals surface area (Å²) in [5.74, 6) is 0.481. The maximum atomic E-state index is 12.0. The highest BCUT2D eigenvalue weighted by atomic mass is 16.7. The molecular weight excluding hydrogens is 326 g/mol. The number of carboxylic acid groups (broad SMARTS) is 1. The Morgan fingerprint density at radius 3 is 2.60 bits per heavy atom. The van der Waals surface area contributed by atoms with Crippen molar-refractivity contribution in [3.63, 3.8) is 0 Å². The molecule has 25 heavy (non-hydrogen) atoms. The predicted molar refractivity (Wildman–Crippen MR) is 88.0 cm³/mol. The third-order valence-corrected chi connectivity index (χ3v) is 3.75. The average molecular weight is 343 g/mol. The monoisotopic (exact) mass is 343 g/mol. The van der Waals surface area contributed by atoms with E-state index in [-0.39, 0.29) is 30.9 Å². The van der Waals surface area contributed by atoms with Gasteiger partial charge in [0.15, 0.2) is 18.1 Å². The molecule has 1 heterocycles. The van der Waals surface area contributed by atoms with E-state index >= 15 is 0 Å². The van der Waals surface area contributed by atoms with Gasteiger partial charge < -0.3 is 24.6 Å². The molecule has 2 aromatic carbocycles. The summed E-state index contributed by atoms with van der Waals surface area (Å²) in [7, 11) is 0. The zero-order valence-electron chi connectivity index (χ0n) is 13.5. The van der Waals surface area contributed by atoms with Crippen molar-refractivity contribution in [2.24, 2.45) is 0 Å². The Balaban J connectivity index is 1.52. The minimum atomic E-state index is -1.01. The number of fused-ring (bicyclic) bond motifs is 1. The third-order valence-electron chi connectivity index (χ3n) is 3.75. The van der Waals surface area contributed by atoms with Crippen LogP contribution in [0.2, 0.25) is 0 Å². The molecule has 1 amide bonds. The number of carbonyl (C=O) groups excluding carboxylic acids is 1. The summed E-state index contributed by atoms with van der Waals surface area (Å²) in [5.41, 5.74) is 1.05. The average Bonchev–Trinajstić information content (AvgIpc) is 3.08. The lowest BCUT2D eigenvalue weighted by molar-refractivity contribution is -0.123. The Kier molecular flexibility index (Phi) is 4.74. The number of rotatable bonds is 6. The molecule has 0 fully saturated rings. The van der Waals surface area contributed by atoms with E-state index in [1.165, 1.54) is 24.3 Å². The van der Waals surface area contributed by atoms with E-state index in [1.807, 2.05) is 19.1 Å². The largest absolute Gasteiger partial charge is 0.484 e. The second-order valence-corrected chi connectivity index (χ2v) is 5.52. The first-order chi connectivity index (χ1) is 12.0. The predicted octanol–water partition coefficient (Wildman–Crippen LogP) is 2.37. The Labute approximate surface area is 144 Å². The van der Waals surface area contributed by atoms with E-state index in [1.54, 1.807) is 6.07 Å². The minimum absolute atomic E-state index is 0.160. The molecule has 1 aliphatic heterocycles. The van der Waals surface area contributed by atoms with E-state index in [0.717, 1.165) is 5.56 Å². The lowest BCUT2D eigenvalue weighted by Crippen LogP contribution is -2.31. The van der Waals surface area contributed by atoms with Gasteiger partial charge in [-0.2, -0.15) is 0 Å². The second-order valence-electron chi connectivity index (χ2n) is 5.52. The number of hydrogen-bond acceptors (Lipinski definition) is 5. The Bertz CT molecular complexity index is 787. The smallest absolute Gasteiger partial charge is 0.335 e. The summed E-state index contributed by atoms with van der Waals surface area (Å²) < 4.78 is 15.9. The first-order valence-electron chi connectivity index (χ1n) is 7.68.